The van der Waals surface area contributed by atoms with E-state index in [9.17, 15) is 9.18 Å². The molecule has 0 saturated carbocycles. The van der Waals surface area contributed by atoms with Crippen LogP contribution in [0.1, 0.15) is 17.3 Å². The van der Waals surface area contributed by atoms with Gasteiger partial charge in [0.25, 0.3) is 0 Å². The Morgan fingerprint density at radius 3 is 2.69 bits per heavy atom. The van der Waals surface area contributed by atoms with Gasteiger partial charge in [0.15, 0.2) is 5.78 Å². The first-order chi connectivity index (χ1) is 6.04. The van der Waals surface area contributed by atoms with Crippen LogP contribution < -0.4 is 0 Å². The van der Waals surface area contributed by atoms with E-state index in [1.165, 1.54) is 6.07 Å². The summed E-state index contributed by atoms with van der Waals surface area (Å²) in [4.78, 5) is 11.1. The minimum atomic E-state index is -0.455. The smallest absolute Gasteiger partial charge is 0.180 e. The molecule has 0 heterocycles. The first kappa shape index (κ1) is 11.1. The van der Waals surface area contributed by atoms with Crippen LogP contribution in [0.5, 0.6) is 0 Å². The van der Waals surface area contributed by atoms with Crippen molar-refractivity contribution in [3.8, 4) is 0 Å². The van der Waals surface area contributed by atoms with Crippen LogP contribution in [0.15, 0.2) is 18.2 Å². The minimum Gasteiger partial charge on any atom is -0.293 e. The quantitative estimate of drug-likeness (QED) is 0.451. The van der Waals surface area contributed by atoms with Crippen LogP contribution in [0.3, 0.4) is 0 Å². The third-order valence-electron chi connectivity index (χ3n) is 1.57. The second-order valence-corrected chi connectivity index (χ2v) is 5.11. The molecule has 1 nitrogen and oxygen atoms in total. The number of hydrogen-bond donors (Lipinski definition) is 0. The van der Waals surface area contributed by atoms with Gasteiger partial charge in [0, 0.05) is 3.57 Å². The van der Waals surface area contributed by atoms with E-state index in [2.05, 4.69) is 15.9 Å². The summed E-state index contributed by atoms with van der Waals surface area (Å²) in [5, 5.41) is 0. The van der Waals surface area contributed by atoms with Gasteiger partial charge in [-0.15, -0.1) is 0 Å². The van der Waals surface area contributed by atoms with Crippen molar-refractivity contribution in [1.82, 2.24) is 0 Å². The molecule has 0 aliphatic rings. The largest absolute Gasteiger partial charge is 0.293 e. The van der Waals surface area contributed by atoms with Crippen LogP contribution in [-0.2, 0) is 0 Å². The molecule has 0 radical (unpaired) electrons. The molecule has 13 heavy (non-hydrogen) atoms. The van der Waals surface area contributed by atoms with Crippen molar-refractivity contribution in [2.75, 3.05) is 0 Å². The van der Waals surface area contributed by atoms with Crippen LogP contribution >= 0.6 is 38.5 Å². The molecule has 1 aromatic carbocycles. The number of Topliss-reactive ketones (excluding diaryl/α,β-unsaturated/α-hetero) is 1. The zero-order chi connectivity index (χ0) is 10.0. The zero-order valence-electron chi connectivity index (χ0n) is 6.85. The molecule has 0 amide bonds. The predicted molar refractivity (Wildman–Crippen MR) is 61.8 cm³/mol. The van der Waals surface area contributed by atoms with E-state index in [-0.39, 0.29) is 16.2 Å². The molecular formula is C9H7BrFIO. The fraction of sp³-hybridized carbons (Fsp3) is 0.222. The molecule has 70 valence electrons. The third kappa shape index (κ3) is 2.49. The maximum Gasteiger partial charge on any atom is 0.180 e. The molecule has 0 spiro atoms. The van der Waals surface area contributed by atoms with E-state index < -0.39 is 5.82 Å². The Balaban J connectivity index is 3.20. The second-order valence-electron chi connectivity index (χ2n) is 2.58. The molecule has 0 N–H and O–H groups in total. The minimum absolute atomic E-state index is 0.174. The number of alkyl halides is 1. The van der Waals surface area contributed by atoms with Crippen molar-refractivity contribution < 1.29 is 9.18 Å². The molecule has 0 saturated heterocycles. The van der Waals surface area contributed by atoms with Crippen molar-refractivity contribution in [2.24, 2.45) is 0 Å². The maximum absolute atomic E-state index is 13.2. The Morgan fingerprint density at radius 1 is 1.62 bits per heavy atom. The lowest BCUT2D eigenvalue weighted by Crippen LogP contribution is -2.13. The van der Waals surface area contributed by atoms with E-state index in [1.54, 1.807) is 19.1 Å². The number of rotatable bonds is 2. The molecule has 1 atom stereocenters. The summed E-state index contributed by atoms with van der Waals surface area (Å²) in [5.41, 5.74) is 0.174. The molecule has 1 aromatic rings. The molecule has 0 aliphatic heterocycles. The van der Waals surface area contributed by atoms with E-state index in [1.807, 2.05) is 22.6 Å². The van der Waals surface area contributed by atoms with Gasteiger partial charge in [-0.3, -0.25) is 4.79 Å². The average molecular weight is 357 g/mol. The SMILES string of the molecule is CC(Br)C(=O)c1c(F)cccc1I. The summed E-state index contributed by atoms with van der Waals surface area (Å²) in [6.07, 6.45) is 0. The lowest BCUT2D eigenvalue weighted by Gasteiger charge is -2.05. The monoisotopic (exact) mass is 356 g/mol. The molecule has 0 bridgehead atoms. The fourth-order valence-corrected chi connectivity index (χ4v) is 1.89. The normalized spacial score (nSPS) is 12.6. The van der Waals surface area contributed by atoms with E-state index in [0.29, 0.717) is 3.57 Å². The van der Waals surface area contributed by atoms with Gasteiger partial charge < -0.3 is 0 Å². The maximum atomic E-state index is 13.2. The van der Waals surface area contributed by atoms with Gasteiger partial charge in [0.05, 0.1) is 10.4 Å². The van der Waals surface area contributed by atoms with Gasteiger partial charge in [-0.25, -0.2) is 4.39 Å². The van der Waals surface area contributed by atoms with Crippen LogP contribution in [0.25, 0.3) is 0 Å². The van der Waals surface area contributed by atoms with Crippen molar-refractivity contribution >= 4 is 44.3 Å². The summed E-state index contributed by atoms with van der Waals surface area (Å²) in [6.45, 7) is 1.69. The van der Waals surface area contributed by atoms with Crippen LogP contribution in [0.4, 0.5) is 4.39 Å². The van der Waals surface area contributed by atoms with E-state index in [4.69, 9.17) is 0 Å². The highest BCUT2D eigenvalue weighted by molar-refractivity contribution is 14.1. The van der Waals surface area contributed by atoms with Gasteiger partial charge in [0.1, 0.15) is 5.82 Å². The second kappa shape index (κ2) is 4.50. The van der Waals surface area contributed by atoms with Gasteiger partial charge in [0.2, 0.25) is 0 Å². The average Bonchev–Trinajstić information content (AvgIpc) is 2.03. The Labute approximate surface area is 98.0 Å². The first-order valence-corrected chi connectivity index (χ1v) is 5.65. The number of carbonyl (C=O) groups is 1. The highest BCUT2D eigenvalue weighted by Gasteiger charge is 2.18. The number of halogens is 3. The van der Waals surface area contributed by atoms with Crippen molar-refractivity contribution in [3.63, 3.8) is 0 Å². The van der Waals surface area contributed by atoms with Crippen molar-refractivity contribution in [3.05, 3.63) is 33.1 Å². The molecule has 4 heteroatoms. The summed E-state index contributed by atoms with van der Waals surface area (Å²) in [5.74, 6) is -0.675. The number of hydrogen-bond acceptors (Lipinski definition) is 1. The van der Waals surface area contributed by atoms with Crippen molar-refractivity contribution in [2.45, 2.75) is 11.8 Å². The molecule has 0 fully saturated rings. The van der Waals surface area contributed by atoms with Crippen molar-refractivity contribution in [1.29, 1.82) is 0 Å². The summed E-state index contributed by atoms with van der Waals surface area (Å²) in [7, 11) is 0. The molecule has 0 aromatic heterocycles. The number of carbonyl (C=O) groups excluding carboxylic acids is 1. The zero-order valence-corrected chi connectivity index (χ0v) is 10.6. The number of benzene rings is 1. The fourth-order valence-electron chi connectivity index (χ4n) is 0.932. The van der Waals surface area contributed by atoms with Crippen LogP contribution in [0, 0.1) is 9.39 Å². The lowest BCUT2D eigenvalue weighted by atomic mass is 10.1. The van der Waals surface area contributed by atoms with Crippen LogP contribution in [0.2, 0.25) is 0 Å². The van der Waals surface area contributed by atoms with Gasteiger partial charge in [-0.2, -0.15) is 0 Å². The van der Waals surface area contributed by atoms with Gasteiger partial charge in [-0.1, -0.05) is 22.0 Å². The van der Waals surface area contributed by atoms with Gasteiger partial charge >= 0.3 is 0 Å². The van der Waals surface area contributed by atoms with Crippen LogP contribution in [-0.4, -0.2) is 10.6 Å². The standard InChI is InChI=1S/C9H7BrFIO/c1-5(10)9(13)8-6(11)3-2-4-7(8)12/h2-5H,1H3. The van der Waals surface area contributed by atoms with E-state index >= 15 is 0 Å². The summed E-state index contributed by atoms with van der Waals surface area (Å²) >= 11 is 5.08. The Kier molecular flexibility index (Phi) is 3.85. The number of ketones is 1. The summed E-state index contributed by atoms with van der Waals surface area (Å²) in [6, 6.07) is 4.60. The lowest BCUT2D eigenvalue weighted by molar-refractivity contribution is 0.0991. The Bertz CT molecular complexity index is 318. The van der Waals surface area contributed by atoms with Gasteiger partial charge in [-0.05, 0) is 41.6 Å². The Morgan fingerprint density at radius 2 is 2.23 bits per heavy atom. The first-order valence-electron chi connectivity index (χ1n) is 3.66. The molecule has 0 aliphatic carbocycles. The third-order valence-corrected chi connectivity index (χ3v) is 2.89. The Hall–Kier alpha value is 0.0300. The molecule has 1 rings (SSSR count). The topological polar surface area (TPSA) is 17.1 Å². The highest BCUT2D eigenvalue weighted by atomic mass is 127. The molecular weight excluding hydrogens is 350 g/mol. The van der Waals surface area contributed by atoms with E-state index in [0.717, 1.165) is 0 Å². The summed E-state index contributed by atoms with van der Waals surface area (Å²) < 4.78 is 13.9. The molecule has 1 unspecified atom stereocenters. The predicted octanol–water partition coefficient (Wildman–Crippen LogP) is 3.40. The highest BCUT2D eigenvalue weighted by Crippen LogP contribution is 2.19.